The molecule has 0 bridgehead atoms. The second kappa shape index (κ2) is 11.2. The molecule has 2 aromatic carbocycles. The van der Waals surface area contributed by atoms with E-state index in [9.17, 15) is 9.59 Å². The Labute approximate surface area is 211 Å². The van der Waals surface area contributed by atoms with Crippen molar-refractivity contribution in [2.45, 2.75) is 27.7 Å². The lowest BCUT2D eigenvalue weighted by Crippen LogP contribution is -2.31. The van der Waals surface area contributed by atoms with Crippen molar-refractivity contribution in [3.8, 4) is 11.5 Å². The van der Waals surface area contributed by atoms with Gasteiger partial charge >= 0.3 is 0 Å². The number of ketones is 1. The van der Waals surface area contributed by atoms with E-state index in [1.54, 1.807) is 31.2 Å². The number of amides is 1. The van der Waals surface area contributed by atoms with Crippen molar-refractivity contribution in [3.63, 3.8) is 0 Å². The molecule has 0 heterocycles. The zero-order valence-corrected chi connectivity index (χ0v) is 21.6. The highest BCUT2D eigenvalue weighted by molar-refractivity contribution is 6.49. The summed E-state index contributed by atoms with van der Waals surface area (Å²) in [6.45, 7) is 9.78. The van der Waals surface area contributed by atoms with Crippen molar-refractivity contribution < 1.29 is 19.1 Å². The Bertz CT molecular complexity index is 1240. The molecule has 0 unspecified atom stereocenters. The van der Waals surface area contributed by atoms with Gasteiger partial charge in [-0.15, -0.1) is 0 Å². The fraction of sp³-hybridized carbons (Fsp3) is 0.296. The lowest BCUT2D eigenvalue weighted by Gasteiger charge is -2.22. The molecule has 1 aliphatic carbocycles. The van der Waals surface area contributed by atoms with Crippen LogP contribution in [0.2, 0.25) is 0 Å². The molecule has 0 atom stereocenters. The van der Waals surface area contributed by atoms with E-state index in [4.69, 9.17) is 26.1 Å². The van der Waals surface area contributed by atoms with Crippen molar-refractivity contribution in [1.29, 1.82) is 0 Å². The van der Waals surface area contributed by atoms with Gasteiger partial charge in [0.05, 0.1) is 36.3 Å². The highest BCUT2D eigenvalue weighted by atomic mass is 35.5. The molecule has 0 aliphatic heterocycles. The number of allylic oxidation sites excluding steroid dienone is 3. The molecule has 7 nitrogen and oxygen atoms in total. The van der Waals surface area contributed by atoms with Gasteiger partial charge in [-0.25, -0.2) is 4.99 Å². The molecule has 0 spiro atoms. The van der Waals surface area contributed by atoms with Gasteiger partial charge in [0.15, 0.2) is 11.5 Å². The summed E-state index contributed by atoms with van der Waals surface area (Å²) >= 11 is 6.35. The minimum Gasteiger partial charge on any atom is -0.493 e. The van der Waals surface area contributed by atoms with Gasteiger partial charge in [-0.2, -0.15) is 0 Å². The Balaban J connectivity index is 1.93. The van der Waals surface area contributed by atoms with Crippen molar-refractivity contribution in [2.24, 2.45) is 4.99 Å². The van der Waals surface area contributed by atoms with Gasteiger partial charge in [-0.3, -0.25) is 9.59 Å². The monoisotopic (exact) mass is 495 g/mol. The van der Waals surface area contributed by atoms with Crippen LogP contribution >= 0.6 is 11.6 Å². The maximum atomic E-state index is 12.9. The summed E-state index contributed by atoms with van der Waals surface area (Å²) in [5, 5.41) is 2.68. The minimum atomic E-state index is -0.478. The highest BCUT2D eigenvalue weighted by Crippen LogP contribution is 2.30. The molecule has 8 heteroatoms. The Morgan fingerprint density at radius 3 is 2.31 bits per heavy atom. The van der Waals surface area contributed by atoms with Crippen molar-refractivity contribution in [3.05, 3.63) is 69.9 Å². The zero-order valence-electron chi connectivity index (χ0n) is 20.9. The number of hydrogen-bond acceptors (Lipinski definition) is 6. The Kier molecular flexibility index (Phi) is 8.35. The lowest BCUT2D eigenvalue weighted by molar-refractivity contribution is -0.112. The fourth-order valence-corrected chi connectivity index (χ4v) is 3.97. The molecule has 184 valence electrons. The molecular formula is C27H30ClN3O4. The number of benzene rings is 2. The topological polar surface area (TPSA) is 80.2 Å². The molecule has 3 rings (SSSR count). The average Bonchev–Trinajstić information content (AvgIpc) is 2.87. The SMILES string of the molecule is CCN(CC)c1ccc(/N=C2\C=C(NC(=O)c3ccc(OC)c(OC)c3)C(=O)C(Cl)=C2C)c(C)c1. The summed E-state index contributed by atoms with van der Waals surface area (Å²) in [6, 6.07) is 10.8. The van der Waals surface area contributed by atoms with Crippen LogP contribution in [0.25, 0.3) is 0 Å². The van der Waals surface area contributed by atoms with E-state index in [1.807, 2.05) is 19.1 Å². The van der Waals surface area contributed by atoms with E-state index >= 15 is 0 Å². The summed E-state index contributed by atoms with van der Waals surface area (Å²) in [5.41, 5.74) is 4.29. The first-order chi connectivity index (χ1) is 16.7. The maximum absolute atomic E-state index is 12.9. The largest absolute Gasteiger partial charge is 0.493 e. The smallest absolute Gasteiger partial charge is 0.255 e. The van der Waals surface area contributed by atoms with Crippen LogP contribution in [0.4, 0.5) is 11.4 Å². The van der Waals surface area contributed by atoms with Gasteiger partial charge < -0.3 is 19.7 Å². The van der Waals surface area contributed by atoms with E-state index in [-0.39, 0.29) is 10.7 Å². The third-order valence-electron chi connectivity index (χ3n) is 5.88. The van der Waals surface area contributed by atoms with Crippen molar-refractivity contribution in [1.82, 2.24) is 5.32 Å². The molecule has 0 fully saturated rings. The quantitative estimate of drug-likeness (QED) is 0.500. The van der Waals surface area contributed by atoms with Gasteiger partial charge in [-0.1, -0.05) is 11.6 Å². The molecule has 0 saturated heterocycles. The van der Waals surface area contributed by atoms with Crippen molar-refractivity contribution in [2.75, 3.05) is 32.2 Å². The number of nitrogens with zero attached hydrogens (tertiary/aromatic N) is 2. The van der Waals surface area contributed by atoms with Gasteiger partial charge in [-0.05, 0) is 81.3 Å². The summed E-state index contributed by atoms with van der Waals surface area (Å²) in [5.74, 6) is -0.0432. The Morgan fingerprint density at radius 1 is 1.03 bits per heavy atom. The van der Waals surface area contributed by atoms with E-state index in [0.29, 0.717) is 28.3 Å². The molecule has 35 heavy (non-hydrogen) atoms. The first kappa shape index (κ1) is 26.0. The number of aryl methyl sites for hydroxylation is 1. The number of Topliss-reactive ketones (excluding diaryl/α,β-unsaturated/α-hetero) is 1. The second-order valence-electron chi connectivity index (χ2n) is 7.99. The predicted octanol–water partition coefficient (Wildman–Crippen LogP) is 5.34. The molecule has 2 aromatic rings. The first-order valence-corrected chi connectivity index (χ1v) is 11.7. The lowest BCUT2D eigenvalue weighted by atomic mass is 10.0. The van der Waals surface area contributed by atoms with E-state index in [1.165, 1.54) is 14.2 Å². The summed E-state index contributed by atoms with van der Waals surface area (Å²) in [4.78, 5) is 32.7. The summed E-state index contributed by atoms with van der Waals surface area (Å²) in [7, 11) is 3.00. The number of anilines is 1. The van der Waals surface area contributed by atoms with Crippen LogP contribution in [-0.2, 0) is 4.79 Å². The van der Waals surface area contributed by atoms with Crippen LogP contribution in [-0.4, -0.2) is 44.7 Å². The van der Waals surface area contributed by atoms with E-state index in [2.05, 4.69) is 30.1 Å². The third kappa shape index (κ3) is 5.57. The van der Waals surface area contributed by atoms with E-state index in [0.717, 1.165) is 30.0 Å². The first-order valence-electron chi connectivity index (χ1n) is 11.3. The van der Waals surface area contributed by atoms with Gasteiger partial charge in [0.25, 0.3) is 5.91 Å². The second-order valence-corrected chi connectivity index (χ2v) is 8.37. The number of nitrogens with one attached hydrogen (secondary N) is 1. The number of hydrogen-bond donors (Lipinski definition) is 1. The van der Waals surface area contributed by atoms with Crippen LogP contribution in [0.3, 0.4) is 0 Å². The number of aliphatic imine (C=N–C) groups is 1. The maximum Gasteiger partial charge on any atom is 0.255 e. The molecule has 0 saturated carbocycles. The molecule has 0 aromatic heterocycles. The van der Waals surface area contributed by atoms with Gasteiger partial charge in [0.1, 0.15) is 0 Å². The standard InChI is InChI=1S/C27H30ClN3O4/c1-7-31(8-2)19-10-11-20(16(3)13-19)29-21-15-22(26(32)25(28)17(21)4)30-27(33)18-9-12-23(34-5)24(14-18)35-6/h9-15H,7-8H2,1-6H3,(H,30,33)/b29-21+. The Hall–Kier alpha value is -3.58. The minimum absolute atomic E-state index is 0.0197. The number of carbonyl (C=O) groups is 2. The molecule has 1 amide bonds. The normalized spacial score (nSPS) is 14.7. The molecular weight excluding hydrogens is 466 g/mol. The summed E-state index contributed by atoms with van der Waals surface area (Å²) < 4.78 is 10.5. The third-order valence-corrected chi connectivity index (χ3v) is 6.34. The molecule has 1 aliphatic rings. The number of ether oxygens (including phenoxy) is 2. The van der Waals surface area contributed by atoms with Crippen LogP contribution in [0.1, 0.15) is 36.7 Å². The highest BCUT2D eigenvalue weighted by Gasteiger charge is 2.26. The molecule has 0 radical (unpaired) electrons. The van der Waals surface area contributed by atoms with Crippen LogP contribution in [0.5, 0.6) is 11.5 Å². The van der Waals surface area contributed by atoms with Crippen molar-refractivity contribution >= 4 is 40.4 Å². The van der Waals surface area contributed by atoms with Gasteiger partial charge in [0, 0.05) is 24.3 Å². The number of methoxy groups -OCH3 is 2. The summed E-state index contributed by atoms with van der Waals surface area (Å²) in [6.07, 6.45) is 1.56. The molecule has 1 N–H and O–H groups in total. The fourth-order valence-electron chi connectivity index (χ4n) is 3.77. The number of halogens is 1. The van der Waals surface area contributed by atoms with Crippen LogP contribution < -0.4 is 19.7 Å². The average molecular weight is 496 g/mol. The number of carbonyl (C=O) groups excluding carboxylic acids is 2. The zero-order chi connectivity index (χ0) is 25.7. The Morgan fingerprint density at radius 2 is 1.71 bits per heavy atom. The van der Waals surface area contributed by atoms with E-state index < -0.39 is 11.7 Å². The van der Waals surface area contributed by atoms with Crippen LogP contribution in [0, 0.1) is 6.92 Å². The number of rotatable bonds is 8. The van der Waals surface area contributed by atoms with Gasteiger partial charge in [0.2, 0.25) is 5.78 Å². The predicted molar refractivity (Wildman–Crippen MR) is 140 cm³/mol. The van der Waals surface area contributed by atoms with Crippen LogP contribution in [0.15, 0.2) is 63.8 Å².